The number of rotatable bonds is 3. The number of carbonyl (C=O) groups is 2. The smallest absolute Gasteiger partial charge is 0.265 e. The van der Waals surface area contributed by atoms with Crippen molar-refractivity contribution < 1.29 is 14.0 Å². The highest BCUT2D eigenvalue weighted by atomic mass is 35.5. The summed E-state index contributed by atoms with van der Waals surface area (Å²) in [6, 6.07) is 4.68. The van der Waals surface area contributed by atoms with Crippen LogP contribution in [0.2, 0.25) is 5.02 Å². The number of anilines is 2. The van der Waals surface area contributed by atoms with Crippen LogP contribution < -0.4 is 16.2 Å². The van der Waals surface area contributed by atoms with E-state index in [1.807, 2.05) is 0 Å². The van der Waals surface area contributed by atoms with Gasteiger partial charge in [0.25, 0.3) is 11.5 Å². The summed E-state index contributed by atoms with van der Waals surface area (Å²) in [6.07, 6.45) is 1.32. The minimum absolute atomic E-state index is 0.0915. The lowest BCUT2D eigenvalue weighted by molar-refractivity contribution is -0.114. The molecule has 0 atom stereocenters. The highest BCUT2D eigenvalue weighted by Crippen LogP contribution is 2.28. The van der Waals surface area contributed by atoms with Crippen LogP contribution >= 0.6 is 11.6 Å². The predicted molar refractivity (Wildman–Crippen MR) is 97.7 cm³/mol. The minimum Gasteiger partial charge on any atom is -0.442 e. The number of hydrogen-bond donors (Lipinski definition) is 2. The summed E-state index contributed by atoms with van der Waals surface area (Å²) in [5, 5.41) is 5.63. The molecule has 0 spiro atoms. The fourth-order valence-corrected chi connectivity index (χ4v) is 2.71. The number of halogens is 1. The summed E-state index contributed by atoms with van der Waals surface area (Å²) in [6.45, 7) is 2.95. The Hall–Kier alpha value is -3.13. The molecule has 2 heterocycles. The molecular formula is C17H15ClN4O4. The van der Waals surface area contributed by atoms with Crippen LogP contribution in [0.1, 0.15) is 23.0 Å². The zero-order valence-corrected chi connectivity index (χ0v) is 15.0. The first kappa shape index (κ1) is 17.7. The molecule has 9 heteroatoms. The maximum Gasteiger partial charge on any atom is 0.265 e. The van der Waals surface area contributed by atoms with Crippen LogP contribution in [0.5, 0.6) is 0 Å². The number of benzene rings is 1. The first-order chi connectivity index (χ1) is 12.3. The standard InChI is InChI=1S/C17H15ClN4O4/c1-8-13(14-16(26-8)19-7-22(3)17(14)25)15(24)21-12-6-10(20-9(2)23)4-5-11(12)18/h4-7H,1-3H3,(H,20,23)(H,21,24). The van der Waals surface area contributed by atoms with Gasteiger partial charge < -0.3 is 19.6 Å². The van der Waals surface area contributed by atoms with E-state index in [0.29, 0.717) is 5.69 Å². The molecule has 26 heavy (non-hydrogen) atoms. The Balaban J connectivity index is 2.03. The van der Waals surface area contributed by atoms with Gasteiger partial charge in [0.05, 0.1) is 16.3 Å². The second-order valence-electron chi connectivity index (χ2n) is 5.70. The number of nitrogens with zero attached hydrogens (tertiary/aromatic N) is 2. The van der Waals surface area contributed by atoms with E-state index in [-0.39, 0.29) is 39.0 Å². The van der Waals surface area contributed by atoms with Gasteiger partial charge in [-0.1, -0.05) is 11.6 Å². The van der Waals surface area contributed by atoms with E-state index in [1.54, 1.807) is 19.1 Å². The zero-order valence-electron chi connectivity index (χ0n) is 14.2. The van der Waals surface area contributed by atoms with Crippen molar-refractivity contribution in [3.63, 3.8) is 0 Å². The molecule has 0 aliphatic carbocycles. The summed E-state index contributed by atoms with van der Waals surface area (Å²) in [7, 11) is 1.53. The van der Waals surface area contributed by atoms with Crippen molar-refractivity contribution in [3.05, 3.63) is 51.2 Å². The van der Waals surface area contributed by atoms with Crippen molar-refractivity contribution in [2.24, 2.45) is 7.05 Å². The fraction of sp³-hybridized carbons (Fsp3) is 0.176. The molecule has 0 bridgehead atoms. The molecule has 0 aliphatic rings. The minimum atomic E-state index is -0.562. The van der Waals surface area contributed by atoms with Gasteiger partial charge in [-0.3, -0.25) is 14.4 Å². The van der Waals surface area contributed by atoms with Gasteiger partial charge >= 0.3 is 0 Å². The van der Waals surface area contributed by atoms with Gasteiger partial charge in [-0.2, -0.15) is 0 Å². The van der Waals surface area contributed by atoms with Crippen LogP contribution in [0.4, 0.5) is 11.4 Å². The summed E-state index contributed by atoms with van der Waals surface area (Å²) < 4.78 is 6.69. The van der Waals surface area contributed by atoms with Gasteiger partial charge in [0.2, 0.25) is 11.6 Å². The van der Waals surface area contributed by atoms with Crippen molar-refractivity contribution >= 4 is 45.9 Å². The highest BCUT2D eigenvalue weighted by molar-refractivity contribution is 6.34. The number of nitrogens with one attached hydrogen (secondary N) is 2. The van der Waals surface area contributed by atoms with E-state index in [0.717, 1.165) is 0 Å². The molecule has 1 aromatic carbocycles. The molecule has 0 fully saturated rings. The first-order valence-electron chi connectivity index (χ1n) is 7.61. The first-order valence-corrected chi connectivity index (χ1v) is 7.99. The molecule has 8 nitrogen and oxygen atoms in total. The van der Waals surface area contributed by atoms with Crippen molar-refractivity contribution in [2.45, 2.75) is 13.8 Å². The van der Waals surface area contributed by atoms with Gasteiger partial charge in [-0.05, 0) is 25.1 Å². The summed E-state index contributed by atoms with van der Waals surface area (Å²) in [5.74, 6) is -0.550. The largest absolute Gasteiger partial charge is 0.442 e. The zero-order chi connectivity index (χ0) is 19.0. The number of hydrogen-bond acceptors (Lipinski definition) is 5. The molecule has 134 valence electrons. The number of amides is 2. The average molecular weight is 375 g/mol. The third kappa shape index (κ3) is 3.18. The molecule has 2 aromatic heterocycles. The second kappa shape index (κ2) is 6.64. The van der Waals surface area contributed by atoms with E-state index in [2.05, 4.69) is 15.6 Å². The lowest BCUT2D eigenvalue weighted by Crippen LogP contribution is -2.20. The van der Waals surface area contributed by atoms with E-state index < -0.39 is 11.5 Å². The maximum absolute atomic E-state index is 12.8. The summed E-state index contributed by atoms with van der Waals surface area (Å²) in [4.78, 5) is 40.3. The van der Waals surface area contributed by atoms with Gasteiger partial charge in [-0.15, -0.1) is 0 Å². The van der Waals surface area contributed by atoms with Crippen molar-refractivity contribution in [1.29, 1.82) is 0 Å². The van der Waals surface area contributed by atoms with Crippen LogP contribution in [-0.2, 0) is 11.8 Å². The predicted octanol–water partition coefficient (Wildman–Crippen LogP) is 2.70. The van der Waals surface area contributed by atoms with Crippen LogP contribution in [0, 0.1) is 6.92 Å². The molecule has 2 amide bonds. The van der Waals surface area contributed by atoms with Crippen LogP contribution in [0.3, 0.4) is 0 Å². The number of furan rings is 1. The van der Waals surface area contributed by atoms with Crippen LogP contribution in [0.25, 0.3) is 11.1 Å². The highest BCUT2D eigenvalue weighted by Gasteiger charge is 2.23. The van der Waals surface area contributed by atoms with E-state index in [4.69, 9.17) is 16.0 Å². The Bertz CT molecular complexity index is 1100. The molecular weight excluding hydrogens is 360 g/mol. The number of aryl methyl sites for hydroxylation is 2. The average Bonchev–Trinajstić information content (AvgIpc) is 2.90. The van der Waals surface area contributed by atoms with Crippen molar-refractivity contribution in [3.8, 4) is 0 Å². The summed E-state index contributed by atoms with van der Waals surface area (Å²) >= 11 is 6.12. The normalized spacial score (nSPS) is 10.8. The van der Waals surface area contributed by atoms with Crippen molar-refractivity contribution in [1.82, 2.24) is 9.55 Å². The van der Waals surface area contributed by atoms with Crippen LogP contribution in [-0.4, -0.2) is 21.4 Å². The third-order valence-corrected chi connectivity index (χ3v) is 4.04. The molecule has 3 aromatic rings. The molecule has 3 rings (SSSR count). The third-order valence-electron chi connectivity index (χ3n) is 3.71. The number of aromatic nitrogens is 2. The lowest BCUT2D eigenvalue weighted by Gasteiger charge is -2.10. The molecule has 0 radical (unpaired) electrons. The second-order valence-corrected chi connectivity index (χ2v) is 6.11. The fourth-order valence-electron chi connectivity index (χ4n) is 2.55. The number of fused-ring (bicyclic) bond motifs is 1. The van der Waals surface area contributed by atoms with E-state index in [1.165, 1.54) is 30.9 Å². The number of carbonyl (C=O) groups excluding carboxylic acids is 2. The molecule has 0 unspecified atom stereocenters. The molecule has 0 saturated carbocycles. The van der Waals surface area contributed by atoms with Crippen molar-refractivity contribution in [2.75, 3.05) is 10.6 Å². The van der Waals surface area contributed by atoms with Crippen LogP contribution in [0.15, 0.2) is 33.7 Å². The Morgan fingerprint density at radius 3 is 2.69 bits per heavy atom. The Morgan fingerprint density at radius 2 is 2.00 bits per heavy atom. The van der Waals surface area contributed by atoms with Gasteiger partial charge in [0.15, 0.2) is 0 Å². The lowest BCUT2D eigenvalue weighted by atomic mass is 10.1. The summed E-state index contributed by atoms with van der Waals surface area (Å²) in [5.41, 5.74) is 0.555. The molecule has 0 saturated heterocycles. The monoisotopic (exact) mass is 374 g/mol. The quantitative estimate of drug-likeness (QED) is 0.733. The Kier molecular flexibility index (Phi) is 4.52. The molecule has 2 N–H and O–H groups in total. The topological polar surface area (TPSA) is 106 Å². The van der Waals surface area contributed by atoms with E-state index >= 15 is 0 Å². The Labute approximate surface area is 152 Å². The molecule has 0 aliphatic heterocycles. The van der Waals surface area contributed by atoms with E-state index in [9.17, 15) is 14.4 Å². The SMILES string of the molecule is CC(=O)Nc1ccc(Cl)c(NC(=O)c2c(C)oc3ncn(C)c(=O)c23)c1. The maximum atomic E-state index is 12.8. The van der Waals surface area contributed by atoms with Gasteiger partial charge in [0, 0.05) is 19.7 Å². The van der Waals surface area contributed by atoms with Gasteiger partial charge in [-0.25, -0.2) is 4.98 Å². The van der Waals surface area contributed by atoms with Gasteiger partial charge in [0.1, 0.15) is 17.5 Å². The Morgan fingerprint density at radius 1 is 1.27 bits per heavy atom.